The average Bonchev–Trinajstić information content (AvgIpc) is 2.82. The van der Waals surface area contributed by atoms with Gasteiger partial charge in [0.05, 0.1) is 10.7 Å². The van der Waals surface area contributed by atoms with E-state index < -0.39 is 5.97 Å². The zero-order chi connectivity index (χ0) is 24.7. The highest BCUT2D eigenvalue weighted by Gasteiger charge is 2.06. The molecule has 1 aromatic rings. The van der Waals surface area contributed by atoms with Gasteiger partial charge in [0.15, 0.2) is 0 Å². The molecule has 0 radical (unpaired) electrons. The van der Waals surface area contributed by atoms with Crippen LogP contribution in [-0.2, 0) is 4.79 Å². The molecule has 0 saturated heterocycles. The van der Waals surface area contributed by atoms with Crippen molar-refractivity contribution in [3.63, 3.8) is 0 Å². The number of unbranched alkanes of at least 4 members (excludes halogenated alkanes) is 15. The van der Waals surface area contributed by atoms with Crippen LogP contribution in [0.25, 0.3) is 0 Å². The lowest BCUT2D eigenvalue weighted by molar-refractivity contribution is -0.137. The van der Waals surface area contributed by atoms with Gasteiger partial charge in [-0.3, -0.25) is 4.79 Å². The minimum atomic E-state index is -0.730. The summed E-state index contributed by atoms with van der Waals surface area (Å²) in [5.41, 5.74) is 1.05. The first-order valence-electron chi connectivity index (χ1n) is 13.9. The quantitative estimate of drug-likeness (QED) is 0.0876. The van der Waals surface area contributed by atoms with Crippen LogP contribution >= 0.6 is 24.0 Å². The van der Waals surface area contributed by atoms with Crippen molar-refractivity contribution in [1.82, 2.24) is 0 Å². The highest BCUT2D eigenvalue weighted by Crippen LogP contribution is 2.28. The molecule has 0 bridgehead atoms. The third kappa shape index (κ3) is 18.3. The van der Waals surface area contributed by atoms with Crippen LogP contribution in [0.5, 0.6) is 0 Å². The Hall–Kier alpha value is -1.07. The molecule has 0 fully saturated rings. The Morgan fingerprint density at radius 1 is 0.765 bits per heavy atom. The van der Waals surface area contributed by atoms with Gasteiger partial charge < -0.3 is 10.4 Å². The summed E-state index contributed by atoms with van der Waals surface area (Å²) in [7, 11) is 0. The number of para-hydroxylation sites is 1. The van der Waals surface area contributed by atoms with E-state index in [0.29, 0.717) is 6.42 Å². The van der Waals surface area contributed by atoms with E-state index in [4.69, 9.17) is 17.3 Å². The van der Waals surface area contributed by atoms with Crippen molar-refractivity contribution in [2.75, 3.05) is 11.1 Å². The maximum Gasteiger partial charge on any atom is 0.303 e. The molecule has 5 heteroatoms. The van der Waals surface area contributed by atoms with Gasteiger partial charge in [0.25, 0.3) is 0 Å². The third-order valence-corrected chi connectivity index (χ3v) is 7.68. The Bertz CT molecular complexity index is 651. The monoisotopic (exact) mass is 507 g/mol. The minimum absolute atomic E-state index is 0.222. The van der Waals surface area contributed by atoms with Crippen LogP contribution in [0.15, 0.2) is 29.2 Å². The van der Waals surface area contributed by atoms with E-state index in [2.05, 4.69) is 24.4 Å². The summed E-state index contributed by atoms with van der Waals surface area (Å²) in [5.74, 6) is 0.0728. The minimum Gasteiger partial charge on any atom is -0.481 e. The fraction of sp³-hybridized carbons (Fsp3) is 0.724. The van der Waals surface area contributed by atoms with Crippen LogP contribution in [0, 0.1) is 0 Å². The lowest BCUT2D eigenvalue weighted by Gasteiger charge is -2.12. The van der Waals surface area contributed by atoms with Crippen molar-refractivity contribution < 1.29 is 9.90 Å². The molecule has 0 amide bonds. The van der Waals surface area contributed by atoms with E-state index in [1.54, 1.807) is 11.8 Å². The second kappa shape index (κ2) is 22.4. The predicted molar refractivity (Wildman–Crippen MR) is 154 cm³/mol. The maximum absolute atomic E-state index is 10.7. The van der Waals surface area contributed by atoms with Crippen LogP contribution in [0.1, 0.15) is 129 Å². The summed E-state index contributed by atoms with van der Waals surface area (Å²) in [6.45, 7) is 2.28. The van der Waals surface area contributed by atoms with Gasteiger partial charge in [-0.1, -0.05) is 128 Å². The number of benzene rings is 1. The molecule has 1 aromatic carbocycles. The molecule has 0 heterocycles. The maximum atomic E-state index is 10.7. The molecule has 0 unspecified atom stereocenters. The zero-order valence-electron chi connectivity index (χ0n) is 21.6. The molecule has 0 spiro atoms. The van der Waals surface area contributed by atoms with Crippen LogP contribution in [0.3, 0.4) is 0 Å². The SMILES string of the molecule is CCCCCCCCCCCCCCCCCCC(=S)Nc1ccccc1SCCCC(=O)O. The lowest BCUT2D eigenvalue weighted by Crippen LogP contribution is -2.09. The first kappa shape index (κ1) is 31.0. The first-order chi connectivity index (χ1) is 16.6. The Labute approximate surface area is 219 Å². The number of carboxylic acid groups (broad SMARTS) is 1. The number of thiocarbonyl (C=S) groups is 1. The number of nitrogens with one attached hydrogen (secondary N) is 1. The summed E-state index contributed by atoms with van der Waals surface area (Å²) < 4.78 is 0. The molecule has 0 atom stereocenters. The standard InChI is InChI=1S/C29H49NO2S2/c1-2-3-4-5-6-7-8-9-10-11-12-13-14-15-16-17-23-28(33)30-26-21-18-19-22-27(26)34-25-20-24-29(31)32/h18-19,21-22H,2-17,20,23-25H2,1H3,(H,30,33)(H,31,32). The van der Waals surface area contributed by atoms with Crippen LogP contribution in [0.4, 0.5) is 5.69 Å². The topological polar surface area (TPSA) is 49.3 Å². The van der Waals surface area contributed by atoms with Gasteiger partial charge in [-0.05, 0) is 37.1 Å². The first-order valence-corrected chi connectivity index (χ1v) is 15.3. The van der Waals surface area contributed by atoms with Gasteiger partial charge in [-0.25, -0.2) is 0 Å². The second-order valence-corrected chi connectivity index (χ2v) is 11.1. The number of hydrogen-bond donors (Lipinski definition) is 2. The average molecular weight is 508 g/mol. The molecule has 0 aliphatic heterocycles. The fourth-order valence-corrected chi connectivity index (χ4v) is 5.36. The van der Waals surface area contributed by atoms with Crippen molar-refractivity contribution in [3.8, 4) is 0 Å². The molecule has 34 heavy (non-hydrogen) atoms. The molecule has 2 N–H and O–H groups in total. The Balaban J connectivity index is 1.97. The number of carbonyl (C=O) groups is 1. The van der Waals surface area contributed by atoms with Crippen LogP contribution in [0.2, 0.25) is 0 Å². The lowest BCUT2D eigenvalue weighted by atomic mass is 10.0. The van der Waals surface area contributed by atoms with Gasteiger partial charge in [-0.15, -0.1) is 11.8 Å². The Kier molecular flexibility index (Phi) is 20.4. The fourth-order valence-electron chi connectivity index (χ4n) is 4.15. The number of anilines is 1. The number of carboxylic acids is 1. The molecule has 1 rings (SSSR count). The largest absolute Gasteiger partial charge is 0.481 e. The van der Waals surface area contributed by atoms with Crippen molar-refractivity contribution in [2.45, 2.75) is 134 Å². The van der Waals surface area contributed by atoms with Gasteiger partial charge in [-0.2, -0.15) is 0 Å². The van der Waals surface area contributed by atoms with Crippen LogP contribution < -0.4 is 5.32 Å². The number of thioether (sulfide) groups is 1. The summed E-state index contributed by atoms with van der Waals surface area (Å²) in [5, 5.41) is 12.2. The molecular formula is C29H49NO2S2. The van der Waals surface area contributed by atoms with E-state index in [0.717, 1.165) is 34.2 Å². The van der Waals surface area contributed by atoms with E-state index in [9.17, 15) is 4.79 Å². The number of hydrogen-bond acceptors (Lipinski definition) is 3. The molecular weight excluding hydrogens is 458 g/mol. The smallest absolute Gasteiger partial charge is 0.303 e. The summed E-state index contributed by atoms with van der Waals surface area (Å²) >= 11 is 7.27. The molecule has 0 saturated carbocycles. The molecule has 0 aromatic heterocycles. The van der Waals surface area contributed by atoms with Crippen molar-refractivity contribution in [1.29, 1.82) is 0 Å². The molecule has 194 valence electrons. The Morgan fingerprint density at radius 2 is 1.26 bits per heavy atom. The van der Waals surface area contributed by atoms with E-state index in [-0.39, 0.29) is 6.42 Å². The zero-order valence-corrected chi connectivity index (χ0v) is 23.3. The van der Waals surface area contributed by atoms with Gasteiger partial charge >= 0.3 is 5.97 Å². The predicted octanol–water partition coefficient (Wildman–Crippen LogP) is 10.0. The van der Waals surface area contributed by atoms with Crippen molar-refractivity contribution in [2.24, 2.45) is 0 Å². The van der Waals surface area contributed by atoms with E-state index in [1.165, 1.54) is 96.3 Å². The highest BCUT2D eigenvalue weighted by molar-refractivity contribution is 7.99. The van der Waals surface area contributed by atoms with E-state index in [1.807, 2.05) is 12.1 Å². The van der Waals surface area contributed by atoms with Gasteiger partial charge in [0, 0.05) is 11.3 Å². The normalized spacial score (nSPS) is 11.0. The highest BCUT2D eigenvalue weighted by atomic mass is 32.2. The van der Waals surface area contributed by atoms with Gasteiger partial charge in [0.1, 0.15) is 0 Å². The van der Waals surface area contributed by atoms with Crippen molar-refractivity contribution in [3.05, 3.63) is 24.3 Å². The van der Waals surface area contributed by atoms with Crippen molar-refractivity contribution >= 4 is 40.6 Å². The summed E-state index contributed by atoms with van der Waals surface area (Å²) in [4.78, 5) is 12.7. The number of rotatable bonds is 23. The molecule has 0 aliphatic rings. The third-order valence-electron chi connectivity index (χ3n) is 6.21. The Morgan fingerprint density at radius 3 is 1.79 bits per heavy atom. The van der Waals surface area contributed by atoms with E-state index >= 15 is 0 Å². The second-order valence-electron chi connectivity index (χ2n) is 9.44. The summed E-state index contributed by atoms with van der Waals surface area (Å²) in [6.07, 6.45) is 23.9. The summed E-state index contributed by atoms with van der Waals surface area (Å²) in [6, 6.07) is 8.16. The molecule has 3 nitrogen and oxygen atoms in total. The molecule has 0 aliphatic carbocycles. The number of aliphatic carboxylic acids is 1. The van der Waals surface area contributed by atoms with Crippen LogP contribution in [-0.4, -0.2) is 21.8 Å². The van der Waals surface area contributed by atoms with Gasteiger partial charge in [0.2, 0.25) is 0 Å².